The SMILES string of the molecule is Cc1c(S(=O)(=O)NCC2NCCc3ccccc32)c2ccccc2n1C. The summed E-state index contributed by atoms with van der Waals surface area (Å²) < 4.78 is 30.9. The molecule has 0 aliphatic carbocycles. The molecule has 2 aromatic carbocycles. The molecular weight excluding hydrogens is 346 g/mol. The predicted octanol–water partition coefficient (Wildman–Crippen LogP) is 2.65. The van der Waals surface area contributed by atoms with E-state index < -0.39 is 10.0 Å². The van der Waals surface area contributed by atoms with Gasteiger partial charge in [-0.25, -0.2) is 13.1 Å². The molecule has 0 fully saturated rings. The Bertz CT molecular complexity index is 1070. The standard InChI is InChI=1S/C20H23N3O2S/c1-14-20(17-9-5-6-10-19(17)23(14)2)26(24,25)22-13-18-16-8-4-3-7-15(16)11-12-21-18/h3-10,18,21-22H,11-13H2,1-2H3. The lowest BCUT2D eigenvalue weighted by Crippen LogP contribution is -2.38. The molecule has 0 saturated heterocycles. The summed E-state index contributed by atoms with van der Waals surface area (Å²) in [7, 11) is -1.71. The van der Waals surface area contributed by atoms with E-state index in [0.717, 1.165) is 29.6 Å². The van der Waals surface area contributed by atoms with Crippen LogP contribution in [-0.4, -0.2) is 26.1 Å². The van der Waals surface area contributed by atoms with Crippen molar-refractivity contribution in [2.24, 2.45) is 7.05 Å². The van der Waals surface area contributed by atoms with Crippen molar-refractivity contribution in [3.63, 3.8) is 0 Å². The Kier molecular flexibility index (Phi) is 4.34. The van der Waals surface area contributed by atoms with Gasteiger partial charge in [-0.05, 0) is 37.1 Å². The van der Waals surface area contributed by atoms with Crippen molar-refractivity contribution in [1.82, 2.24) is 14.6 Å². The predicted molar refractivity (Wildman–Crippen MR) is 104 cm³/mol. The van der Waals surface area contributed by atoms with Crippen LogP contribution in [0.5, 0.6) is 0 Å². The van der Waals surface area contributed by atoms with E-state index in [1.54, 1.807) is 0 Å². The monoisotopic (exact) mass is 369 g/mol. The van der Waals surface area contributed by atoms with Gasteiger partial charge in [0.25, 0.3) is 0 Å². The van der Waals surface area contributed by atoms with Crippen molar-refractivity contribution in [3.8, 4) is 0 Å². The van der Waals surface area contributed by atoms with Crippen LogP contribution in [-0.2, 0) is 23.5 Å². The summed E-state index contributed by atoms with van der Waals surface area (Å²) in [5.41, 5.74) is 4.13. The van der Waals surface area contributed by atoms with Gasteiger partial charge in [-0.15, -0.1) is 0 Å². The average molecular weight is 369 g/mol. The molecule has 26 heavy (non-hydrogen) atoms. The molecule has 2 heterocycles. The molecule has 6 heteroatoms. The first-order valence-corrected chi connectivity index (χ1v) is 10.3. The highest BCUT2D eigenvalue weighted by Gasteiger charge is 2.26. The number of aryl methyl sites for hydroxylation is 1. The number of sulfonamides is 1. The highest BCUT2D eigenvalue weighted by Crippen LogP contribution is 2.29. The second-order valence-corrected chi connectivity index (χ2v) is 8.50. The fourth-order valence-electron chi connectivity index (χ4n) is 3.87. The van der Waals surface area contributed by atoms with Crippen LogP contribution in [0.4, 0.5) is 0 Å². The van der Waals surface area contributed by atoms with Crippen LogP contribution in [0, 0.1) is 6.92 Å². The highest BCUT2D eigenvalue weighted by atomic mass is 32.2. The van der Waals surface area contributed by atoms with Gasteiger partial charge in [-0.3, -0.25) is 0 Å². The molecule has 2 N–H and O–H groups in total. The number of hydrogen-bond acceptors (Lipinski definition) is 3. The number of fused-ring (bicyclic) bond motifs is 2. The molecule has 1 aliphatic rings. The Morgan fingerprint density at radius 1 is 1.15 bits per heavy atom. The van der Waals surface area contributed by atoms with Crippen molar-refractivity contribution < 1.29 is 8.42 Å². The van der Waals surface area contributed by atoms with E-state index in [9.17, 15) is 8.42 Å². The van der Waals surface area contributed by atoms with Crippen molar-refractivity contribution in [2.75, 3.05) is 13.1 Å². The van der Waals surface area contributed by atoms with Gasteiger partial charge in [0.1, 0.15) is 4.90 Å². The second kappa shape index (κ2) is 6.54. The Balaban J connectivity index is 1.65. The summed E-state index contributed by atoms with van der Waals surface area (Å²) >= 11 is 0. The molecule has 4 rings (SSSR count). The van der Waals surface area contributed by atoms with E-state index in [0.29, 0.717) is 11.4 Å². The Hall–Kier alpha value is -2.15. The van der Waals surface area contributed by atoms with Crippen molar-refractivity contribution in [2.45, 2.75) is 24.3 Å². The molecule has 5 nitrogen and oxygen atoms in total. The molecular formula is C20H23N3O2S. The van der Waals surface area contributed by atoms with Gasteiger partial charge in [0.2, 0.25) is 10.0 Å². The molecule has 0 spiro atoms. The third-order valence-corrected chi connectivity index (χ3v) is 6.90. The lowest BCUT2D eigenvalue weighted by molar-refractivity contribution is 0.491. The van der Waals surface area contributed by atoms with Crippen LogP contribution in [0.2, 0.25) is 0 Å². The highest BCUT2D eigenvalue weighted by molar-refractivity contribution is 7.89. The number of para-hydroxylation sites is 1. The lowest BCUT2D eigenvalue weighted by atomic mass is 9.95. The third kappa shape index (κ3) is 2.84. The molecule has 0 radical (unpaired) electrons. The normalized spacial score (nSPS) is 17.4. The van der Waals surface area contributed by atoms with Crippen LogP contribution in [0.25, 0.3) is 10.9 Å². The zero-order valence-electron chi connectivity index (χ0n) is 15.0. The summed E-state index contributed by atoms with van der Waals surface area (Å²) in [4.78, 5) is 0.375. The quantitative estimate of drug-likeness (QED) is 0.743. The molecule has 0 amide bonds. The van der Waals surface area contributed by atoms with Gasteiger partial charge >= 0.3 is 0 Å². The number of rotatable bonds is 4. The number of benzene rings is 2. The second-order valence-electron chi connectivity index (χ2n) is 6.80. The summed E-state index contributed by atoms with van der Waals surface area (Å²) in [6.07, 6.45) is 0.974. The summed E-state index contributed by atoms with van der Waals surface area (Å²) in [5, 5.41) is 4.19. The fraction of sp³-hybridized carbons (Fsp3) is 0.300. The van der Waals surface area contributed by atoms with Gasteiger partial charge in [0, 0.05) is 36.2 Å². The fourth-order valence-corrected chi connectivity index (χ4v) is 5.38. The van der Waals surface area contributed by atoms with E-state index in [1.807, 2.05) is 54.9 Å². The minimum absolute atomic E-state index is 0.00925. The van der Waals surface area contributed by atoms with E-state index in [-0.39, 0.29) is 6.04 Å². The first kappa shape index (κ1) is 17.3. The number of aromatic nitrogens is 1. The largest absolute Gasteiger partial charge is 0.347 e. The zero-order valence-corrected chi connectivity index (χ0v) is 15.8. The zero-order chi connectivity index (χ0) is 18.3. The molecule has 1 aliphatic heterocycles. The van der Waals surface area contributed by atoms with Crippen LogP contribution >= 0.6 is 0 Å². The van der Waals surface area contributed by atoms with E-state index in [4.69, 9.17) is 0 Å². The maximum absolute atomic E-state index is 13.1. The van der Waals surface area contributed by atoms with Gasteiger partial charge in [0.05, 0.1) is 0 Å². The number of nitrogens with one attached hydrogen (secondary N) is 2. The average Bonchev–Trinajstić information content (AvgIpc) is 2.92. The minimum atomic E-state index is -3.61. The molecule has 136 valence electrons. The minimum Gasteiger partial charge on any atom is -0.347 e. The van der Waals surface area contributed by atoms with Crippen LogP contribution in [0.15, 0.2) is 53.4 Å². The Labute approximate surface area is 154 Å². The number of hydrogen-bond donors (Lipinski definition) is 2. The van der Waals surface area contributed by atoms with Crippen LogP contribution in [0.3, 0.4) is 0 Å². The molecule has 3 aromatic rings. The maximum atomic E-state index is 13.1. The topological polar surface area (TPSA) is 63.1 Å². The van der Waals surface area contributed by atoms with E-state index in [2.05, 4.69) is 22.2 Å². The Morgan fingerprint density at radius 2 is 1.88 bits per heavy atom. The molecule has 0 bridgehead atoms. The van der Waals surface area contributed by atoms with Crippen LogP contribution in [0.1, 0.15) is 22.9 Å². The summed E-state index contributed by atoms with van der Waals surface area (Å²) in [6, 6.07) is 15.8. The third-order valence-electron chi connectivity index (χ3n) is 5.30. The van der Waals surface area contributed by atoms with Gasteiger partial charge in [-0.1, -0.05) is 42.5 Å². The van der Waals surface area contributed by atoms with Crippen molar-refractivity contribution >= 4 is 20.9 Å². The van der Waals surface area contributed by atoms with Gasteiger partial charge in [-0.2, -0.15) is 0 Å². The first-order valence-electron chi connectivity index (χ1n) is 8.84. The van der Waals surface area contributed by atoms with Crippen molar-refractivity contribution in [1.29, 1.82) is 0 Å². The smallest absolute Gasteiger partial charge is 0.243 e. The lowest BCUT2D eigenvalue weighted by Gasteiger charge is -2.27. The Morgan fingerprint density at radius 3 is 2.73 bits per heavy atom. The molecule has 1 unspecified atom stereocenters. The molecule has 0 saturated carbocycles. The van der Waals surface area contributed by atoms with Gasteiger partial charge < -0.3 is 9.88 Å². The van der Waals surface area contributed by atoms with Crippen LogP contribution < -0.4 is 10.0 Å². The number of nitrogens with zero attached hydrogens (tertiary/aromatic N) is 1. The maximum Gasteiger partial charge on any atom is 0.243 e. The summed E-state index contributed by atoms with van der Waals surface area (Å²) in [5.74, 6) is 0. The molecule has 1 atom stereocenters. The summed E-state index contributed by atoms with van der Waals surface area (Å²) in [6.45, 7) is 3.04. The first-order chi connectivity index (χ1) is 12.5. The van der Waals surface area contributed by atoms with Crippen molar-refractivity contribution in [3.05, 3.63) is 65.4 Å². The molecule has 1 aromatic heterocycles. The van der Waals surface area contributed by atoms with E-state index in [1.165, 1.54) is 11.1 Å². The van der Waals surface area contributed by atoms with Gasteiger partial charge in [0.15, 0.2) is 0 Å². The van der Waals surface area contributed by atoms with E-state index >= 15 is 0 Å².